The lowest BCUT2D eigenvalue weighted by Gasteiger charge is -2.35. The summed E-state index contributed by atoms with van der Waals surface area (Å²) < 4.78 is 21.6. The van der Waals surface area contributed by atoms with Crippen LogP contribution in [0, 0.1) is 5.82 Å². The number of Topliss-reactive ketones (excluding diaryl/α,β-unsaturated/α-hetero) is 1. The van der Waals surface area contributed by atoms with Crippen LogP contribution in [-0.4, -0.2) is 39.0 Å². The van der Waals surface area contributed by atoms with Gasteiger partial charge in [-0.25, -0.2) is 4.39 Å². The van der Waals surface area contributed by atoms with Crippen LogP contribution in [0.25, 0.3) is 0 Å². The van der Waals surface area contributed by atoms with Gasteiger partial charge in [0.25, 0.3) is 5.56 Å². The topological polar surface area (TPSA) is 71.8 Å². The van der Waals surface area contributed by atoms with E-state index >= 15 is 0 Å². The first-order valence-corrected chi connectivity index (χ1v) is 11.4. The van der Waals surface area contributed by atoms with Gasteiger partial charge in [0.2, 0.25) is 0 Å². The number of ether oxygens (including phenoxy) is 1. The van der Waals surface area contributed by atoms with Crippen LogP contribution in [0.1, 0.15) is 41.3 Å². The van der Waals surface area contributed by atoms with Crippen LogP contribution in [0.5, 0.6) is 5.75 Å². The Kier molecular flexibility index (Phi) is 7.24. The molecule has 1 N–H and O–H groups in total. The number of hydrogen-bond donors (Lipinski definition) is 1. The molecule has 1 saturated heterocycles. The van der Waals surface area contributed by atoms with Crippen LogP contribution < -0.4 is 10.3 Å². The molecule has 2 aromatic carbocycles. The molecular formula is C27H29FN2O4. The molecule has 2 heterocycles. The molecule has 1 aliphatic heterocycles. The molecule has 0 spiro atoms. The van der Waals surface area contributed by atoms with E-state index in [1.54, 1.807) is 18.2 Å². The van der Waals surface area contributed by atoms with Crippen molar-refractivity contribution in [3.05, 3.63) is 99.7 Å². The summed E-state index contributed by atoms with van der Waals surface area (Å²) in [4.78, 5) is 27.2. The molecule has 0 radical (unpaired) electrons. The number of carbonyl (C=O) groups excluding carboxylic acids is 1. The number of aliphatic hydroxyl groups is 1. The van der Waals surface area contributed by atoms with E-state index in [2.05, 4.69) is 4.90 Å². The standard InChI is InChI=1S/C27H29FN2O4/c1-27(33)10-13-29(14-11-27)17-22-8-7-21(15-24(22)28)25(31)18-30-12-9-23(16-26(30)32)34-19-20-5-3-2-4-6-20/h2-9,12,15-16,33H,10-11,13-14,17-19H2,1H3. The molecule has 1 aromatic heterocycles. The van der Waals surface area contributed by atoms with E-state index in [9.17, 15) is 19.1 Å². The molecule has 1 aliphatic rings. The van der Waals surface area contributed by atoms with E-state index in [1.165, 1.54) is 22.9 Å². The molecule has 1 fully saturated rings. The molecule has 0 amide bonds. The molecule has 7 heteroatoms. The molecule has 0 saturated carbocycles. The number of benzene rings is 2. The largest absolute Gasteiger partial charge is 0.489 e. The molecule has 0 unspecified atom stereocenters. The number of rotatable bonds is 8. The minimum atomic E-state index is -0.657. The Bertz CT molecular complexity index is 1200. The van der Waals surface area contributed by atoms with Crippen LogP contribution in [0.4, 0.5) is 4.39 Å². The Hall–Kier alpha value is -3.29. The van der Waals surface area contributed by atoms with Crippen LogP contribution in [0.2, 0.25) is 0 Å². The van der Waals surface area contributed by atoms with Gasteiger partial charge in [0.15, 0.2) is 5.78 Å². The van der Waals surface area contributed by atoms with Gasteiger partial charge >= 0.3 is 0 Å². The van der Waals surface area contributed by atoms with E-state index in [0.29, 0.717) is 50.4 Å². The zero-order valence-corrected chi connectivity index (χ0v) is 19.2. The van der Waals surface area contributed by atoms with Crippen molar-refractivity contribution in [2.45, 2.75) is 45.1 Å². The van der Waals surface area contributed by atoms with Crippen LogP contribution >= 0.6 is 0 Å². The van der Waals surface area contributed by atoms with E-state index < -0.39 is 11.4 Å². The molecule has 3 aromatic rings. The predicted octanol–water partition coefficient (Wildman–Crippen LogP) is 3.80. The Morgan fingerprint density at radius 3 is 2.50 bits per heavy atom. The highest BCUT2D eigenvalue weighted by atomic mass is 19.1. The SMILES string of the molecule is CC1(O)CCN(Cc2ccc(C(=O)Cn3ccc(OCc4ccccc4)cc3=O)cc2F)CC1. The normalized spacial score (nSPS) is 15.7. The van der Waals surface area contributed by atoms with Crippen molar-refractivity contribution in [1.29, 1.82) is 0 Å². The van der Waals surface area contributed by atoms with Crippen molar-refractivity contribution < 1.29 is 19.0 Å². The van der Waals surface area contributed by atoms with Gasteiger partial charge in [0.1, 0.15) is 18.2 Å². The molecule has 34 heavy (non-hydrogen) atoms. The Morgan fingerprint density at radius 1 is 1.09 bits per heavy atom. The summed E-state index contributed by atoms with van der Waals surface area (Å²) >= 11 is 0. The zero-order chi connectivity index (χ0) is 24.1. The summed E-state index contributed by atoms with van der Waals surface area (Å²) in [5.41, 5.74) is 0.695. The van der Waals surface area contributed by atoms with E-state index in [-0.39, 0.29) is 23.5 Å². The highest BCUT2D eigenvalue weighted by Gasteiger charge is 2.27. The number of nitrogens with zero attached hydrogens (tertiary/aromatic N) is 2. The first-order chi connectivity index (χ1) is 16.3. The lowest BCUT2D eigenvalue weighted by Crippen LogP contribution is -2.42. The van der Waals surface area contributed by atoms with E-state index in [0.717, 1.165) is 5.56 Å². The Morgan fingerprint density at radius 2 is 1.82 bits per heavy atom. The highest BCUT2D eigenvalue weighted by molar-refractivity contribution is 5.95. The van der Waals surface area contributed by atoms with Gasteiger partial charge in [-0.05, 0) is 37.5 Å². The first-order valence-electron chi connectivity index (χ1n) is 11.4. The number of pyridine rings is 1. The molecular weight excluding hydrogens is 435 g/mol. The van der Waals surface area contributed by atoms with Gasteiger partial charge in [-0.1, -0.05) is 42.5 Å². The van der Waals surface area contributed by atoms with Gasteiger partial charge in [0.05, 0.1) is 12.1 Å². The number of hydrogen-bond acceptors (Lipinski definition) is 5. The van der Waals surface area contributed by atoms with Crippen molar-refractivity contribution in [1.82, 2.24) is 9.47 Å². The lowest BCUT2D eigenvalue weighted by molar-refractivity contribution is -0.00750. The van der Waals surface area contributed by atoms with Crippen LogP contribution in [0.3, 0.4) is 0 Å². The summed E-state index contributed by atoms with van der Waals surface area (Å²) in [5.74, 6) is -0.369. The number of ketones is 1. The zero-order valence-electron chi connectivity index (χ0n) is 19.2. The monoisotopic (exact) mass is 464 g/mol. The number of aromatic nitrogens is 1. The third-order valence-electron chi connectivity index (χ3n) is 6.23. The second-order valence-electron chi connectivity index (χ2n) is 9.11. The summed E-state index contributed by atoms with van der Waals surface area (Å²) in [6, 6.07) is 17.0. The fourth-order valence-corrected chi connectivity index (χ4v) is 3.98. The average molecular weight is 465 g/mol. The number of halogens is 1. The maximum atomic E-state index is 14.7. The van der Waals surface area contributed by atoms with Crippen LogP contribution in [-0.2, 0) is 19.7 Å². The third kappa shape index (κ3) is 6.18. The summed E-state index contributed by atoms with van der Waals surface area (Å²) in [5, 5.41) is 10.1. The van der Waals surface area contributed by atoms with E-state index in [1.807, 2.05) is 37.3 Å². The van der Waals surface area contributed by atoms with Crippen molar-refractivity contribution in [3.63, 3.8) is 0 Å². The number of carbonyl (C=O) groups is 1. The van der Waals surface area contributed by atoms with Crippen LogP contribution in [0.15, 0.2) is 71.7 Å². The molecule has 0 atom stereocenters. The quantitative estimate of drug-likeness (QED) is 0.514. The van der Waals surface area contributed by atoms with Gasteiger partial charge < -0.3 is 14.4 Å². The molecule has 6 nitrogen and oxygen atoms in total. The van der Waals surface area contributed by atoms with Gasteiger partial charge in [-0.2, -0.15) is 0 Å². The Balaban J connectivity index is 1.35. The first kappa shape index (κ1) is 23.9. The van der Waals surface area contributed by atoms with Gasteiger partial charge in [-0.15, -0.1) is 0 Å². The summed E-state index contributed by atoms with van der Waals surface area (Å²) in [6.45, 7) is 3.80. The maximum absolute atomic E-state index is 14.7. The molecule has 0 aliphatic carbocycles. The third-order valence-corrected chi connectivity index (χ3v) is 6.23. The van der Waals surface area contributed by atoms with Gasteiger partial charge in [0, 0.05) is 43.0 Å². The lowest BCUT2D eigenvalue weighted by atomic mass is 9.93. The van der Waals surface area contributed by atoms with Gasteiger partial charge in [-0.3, -0.25) is 14.5 Å². The fourth-order valence-electron chi connectivity index (χ4n) is 3.98. The predicted molar refractivity (Wildman–Crippen MR) is 127 cm³/mol. The molecule has 4 rings (SSSR count). The second-order valence-corrected chi connectivity index (χ2v) is 9.11. The maximum Gasteiger partial charge on any atom is 0.254 e. The molecule has 178 valence electrons. The highest BCUT2D eigenvalue weighted by Crippen LogP contribution is 2.23. The molecule has 0 bridgehead atoms. The minimum Gasteiger partial charge on any atom is -0.489 e. The van der Waals surface area contributed by atoms with Crippen molar-refractivity contribution in [2.24, 2.45) is 0 Å². The summed E-state index contributed by atoms with van der Waals surface area (Å²) in [7, 11) is 0. The van der Waals surface area contributed by atoms with Crippen molar-refractivity contribution in [3.8, 4) is 5.75 Å². The van der Waals surface area contributed by atoms with Crippen molar-refractivity contribution in [2.75, 3.05) is 13.1 Å². The number of likely N-dealkylation sites (tertiary alicyclic amines) is 1. The smallest absolute Gasteiger partial charge is 0.254 e. The Labute approximate surface area is 198 Å². The minimum absolute atomic E-state index is 0.183. The van der Waals surface area contributed by atoms with E-state index in [4.69, 9.17) is 4.74 Å². The second kappa shape index (κ2) is 10.3. The average Bonchev–Trinajstić information content (AvgIpc) is 2.82. The van der Waals surface area contributed by atoms with Crippen molar-refractivity contribution >= 4 is 5.78 Å². The summed E-state index contributed by atoms with van der Waals surface area (Å²) in [6.07, 6.45) is 2.81. The fraction of sp³-hybridized carbons (Fsp3) is 0.333. The number of piperidine rings is 1.